The molecule has 0 aliphatic carbocycles. The van der Waals surface area contributed by atoms with Gasteiger partial charge in [0, 0.05) is 0 Å². The van der Waals surface area contributed by atoms with Crippen LogP contribution in [-0.2, 0) is 9.47 Å². The molecule has 0 aromatic heterocycles. The zero-order valence-electron chi connectivity index (χ0n) is 7.45. The smallest absolute Gasteiger partial charge is 0.427 e. The summed E-state index contributed by atoms with van der Waals surface area (Å²) >= 11 is 0. The van der Waals surface area contributed by atoms with Crippen LogP contribution in [0.5, 0.6) is 0 Å². The maximum absolute atomic E-state index is 10.8. The molecule has 0 radical (unpaired) electrons. The molecule has 0 N–H and O–H groups in total. The normalized spacial score (nSPS) is 14.2. The third kappa shape index (κ3) is 4.55. The van der Waals surface area contributed by atoms with E-state index in [1.165, 1.54) is 12.2 Å². The van der Waals surface area contributed by atoms with E-state index in [1.54, 1.807) is 13.8 Å². The quantitative estimate of drug-likeness (QED) is 0.479. The van der Waals surface area contributed by atoms with Gasteiger partial charge in [-0.15, -0.1) is 0 Å². The highest BCUT2D eigenvalue weighted by molar-refractivity contribution is 5.60. The molecule has 0 amide bonds. The second kappa shape index (κ2) is 5.41. The molecule has 68 valence electrons. The lowest BCUT2D eigenvalue weighted by molar-refractivity contribution is 0.0298. The van der Waals surface area contributed by atoms with E-state index in [1.807, 2.05) is 0 Å². The van der Waals surface area contributed by atoms with Gasteiger partial charge in [-0.3, -0.25) is 0 Å². The van der Waals surface area contributed by atoms with Gasteiger partial charge in [-0.2, -0.15) is 0 Å². The Labute approximate surface area is 72.7 Å². The fraction of sp³-hybridized carbons (Fsp3) is 0.444. The van der Waals surface area contributed by atoms with Crippen LogP contribution < -0.4 is 0 Å². The molecule has 0 spiro atoms. The van der Waals surface area contributed by atoms with E-state index in [-0.39, 0.29) is 12.2 Å². The van der Waals surface area contributed by atoms with Crippen molar-refractivity contribution in [2.75, 3.05) is 0 Å². The first-order chi connectivity index (χ1) is 5.60. The highest BCUT2D eigenvalue weighted by atomic mass is 16.7. The van der Waals surface area contributed by atoms with Crippen LogP contribution in [0.1, 0.15) is 13.8 Å². The fourth-order valence-electron chi connectivity index (χ4n) is 0.428. The minimum absolute atomic E-state index is 0.325. The zero-order chi connectivity index (χ0) is 9.56. The van der Waals surface area contributed by atoms with Crippen LogP contribution in [0.4, 0.5) is 4.79 Å². The Morgan fingerprint density at radius 1 is 1.17 bits per heavy atom. The second-order valence-electron chi connectivity index (χ2n) is 2.37. The molecule has 0 aromatic rings. The van der Waals surface area contributed by atoms with Gasteiger partial charge in [0.2, 0.25) is 0 Å². The van der Waals surface area contributed by atoms with Gasteiger partial charge in [-0.05, 0) is 13.8 Å². The average molecular weight is 170 g/mol. The summed E-state index contributed by atoms with van der Waals surface area (Å²) in [5.74, 6) is 0. The summed E-state index contributed by atoms with van der Waals surface area (Å²) in [5.41, 5.74) is 0. The molecule has 2 atom stereocenters. The van der Waals surface area contributed by atoms with Crippen molar-refractivity contribution < 1.29 is 14.3 Å². The summed E-state index contributed by atoms with van der Waals surface area (Å²) in [6, 6.07) is 0. The van der Waals surface area contributed by atoms with Crippen LogP contribution in [0.25, 0.3) is 0 Å². The molecule has 0 saturated carbocycles. The maximum atomic E-state index is 10.8. The van der Waals surface area contributed by atoms with E-state index >= 15 is 0 Å². The second-order valence-corrected chi connectivity index (χ2v) is 2.37. The first-order valence-corrected chi connectivity index (χ1v) is 3.72. The summed E-state index contributed by atoms with van der Waals surface area (Å²) in [5, 5.41) is 0. The van der Waals surface area contributed by atoms with E-state index in [0.717, 1.165) is 0 Å². The highest BCUT2D eigenvalue weighted by Crippen LogP contribution is 1.99. The molecular formula is C9H14O3. The Morgan fingerprint density at radius 2 is 1.50 bits per heavy atom. The van der Waals surface area contributed by atoms with Crippen LogP contribution in [0.2, 0.25) is 0 Å². The Balaban J connectivity index is 3.73. The summed E-state index contributed by atoms with van der Waals surface area (Å²) < 4.78 is 9.49. The van der Waals surface area contributed by atoms with Crippen LogP contribution in [-0.4, -0.2) is 18.4 Å². The number of carbonyl (C=O) groups is 1. The van der Waals surface area contributed by atoms with Crippen molar-refractivity contribution in [3.8, 4) is 0 Å². The van der Waals surface area contributed by atoms with Crippen LogP contribution in [0.15, 0.2) is 25.3 Å². The van der Waals surface area contributed by atoms with E-state index in [9.17, 15) is 4.79 Å². The molecular weight excluding hydrogens is 156 g/mol. The zero-order valence-corrected chi connectivity index (χ0v) is 7.45. The Morgan fingerprint density at radius 3 is 1.75 bits per heavy atom. The molecule has 0 bridgehead atoms. The van der Waals surface area contributed by atoms with Crippen molar-refractivity contribution in [1.29, 1.82) is 0 Å². The molecule has 0 rings (SSSR count). The Kier molecular flexibility index (Phi) is 4.84. The maximum Gasteiger partial charge on any atom is 0.509 e. The third-order valence-corrected chi connectivity index (χ3v) is 1.23. The summed E-state index contributed by atoms with van der Waals surface area (Å²) in [6.07, 6.45) is 1.68. The number of carbonyl (C=O) groups excluding carboxylic acids is 1. The van der Waals surface area contributed by atoms with Crippen LogP contribution in [0, 0.1) is 0 Å². The van der Waals surface area contributed by atoms with Gasteiger partial charge in [0.25, 0.3) is 0 Å². The van der Waals surface area contributed by atoms with Crippen molar-refractivity contribution in [3.63, 3.8) is 0 Å². The Hall–Kier alpha value is -1.25. The van der Waals surface area contributed by atoms with Gasteiger partial charge in [0.1, 0.15) is 12.2 Å². The van der Waals surface area contributed by atoms with Gasteiger partial charge in [-0.1, -0.05) is 25.3 Å². The van der Waals surface area contributed by atoms with Gasteiger partial charge >= 0.3 is 6.16 Å². The number of rotatable bonds is 4. The topological polar surface area (TPSA) is 35.5 Å². The van der Waals surface area contributed by atoms with Crippen LogP contribution in [0.3, 0.4) is 0 Å². The highest BCUT2D eigenvalue weighted by Gasteiger charge is 2.09. The summed E-state index contributed by atoms with van der Waals surface area (Å²) in [6.45, 7) is 10.3. The number of hydrogen-bond acceptors (Lipinski definition) is 3. The molecule has 0 aliphatic rings. The van der Waals surface area contributed by atoms with Gasteiger partial charge in [-0.25, -0.2) is 4.79 Å². The lowest BCUT2D eigenvalue weighted by Gasteiger charge is -2.11. The molecule has 0 saturated heterocycles. The van der Waals surface area contributed by atoms with Gasteiger partial charge in [0.05, 0.1) is 0 Å². The standard InChI is InChI=1S/C9H14O3/c1-5-7(3)11-9(10)12-8(4)6-2/h5-8H,1-2H2,3-4H3. The van der Waals surface area contributed by atoms with Crippen molar-refractivity contribution in [3.05, 3.63) is 25.3 Å². The van der Waals surface area contributed by atoms with E-state index < -0.39 is 6.16 Å². The summed E-state index contributed by atoms with van der Waals surface area (Å²) in [4.78, 5) is 10.8. The van der Waals surface area contributed by atoms with Crippen LogP contribution >= 0.6 is 0 Å². The first kappa shape index (κ1) is 10.8. The number of ether oxygens (including phenoxy) is 2. The van der Waals surface area contributed by atoms with E-state index in [2.05, 4.69) is 13.2 Å². The third-order valence-electron chi connectivity index (χ3n) is 1.23. The van der Waals surface area contributed by atoms with Crippen molar-refractivity contribution >= 4 is 6.16 Å². The molecule has 3 heteroatoms. The minimum Gasteiger partial charge on any atom is -0.427 e. The van der Waals surface area contributed by atoms with Crippen molar-refractivity contribution in [2.45, 2.75) is 26.1 Å². The summed E-state index contributed by atoms with van der Waals surface area (Å²) in [7, 11) is 0. The first-order valence-electron chi connectivity index (χ1n) is 3.72. The average Bonchev–Trinajstić information content (AvgIpc) is 2.03. The monoisotopic (exact) mass is 170 g/mol. The molecule has 3 nitrogen and oxygen atoms in total. The SMILES string of the molecule is C=CC(C)OC(=O)OC(C)C=C. The molecule has 0 fully saturated rings. The van der Waals surface area contributed by atoms with Crippen molar-refractivity contribution in [2.24, 2.45) is 0 Å². The molecule has 0 aromatic carbocycles. The lowest BCUT2D eigenvalue weighted by Crippen LogP contribution is -2.17. The molecule has 2 unspecified atom stereocenters. The predicted octanol–water partition coefficient (Wildman–Crippen LogP) is 2.29. The fourth-order valence-corrected chi connectivity index (χ4v) is 0.428. The van der Waals surface area contributed by atoms with Crippen molar-refractivity contribution in [1.82, 2.24) is 0 Å². The molecule has 0 heterocycles. The number of hydrogen-bond donors (Lipinski definition) is 0. The van der Waals surface area contributed by atoms with Gasteiger partial charge in [0.15, 0.2) is 0 Å². The Bertz CT molecular complexity index is 157. The predicted molar refractivity (Wildman–Crippen MR) is 46.9 cm³/mol. The van der Waals surface area contributed by atoms with Gasteiger partial charge < -0.3 is 9.47 Å². The molecule has 12 heavy (non-hydrogen) atoms. The largest absolute Gasteiger partial charge is 0.509 e. The lowest BCUT2D eigenvalue weighted by atomic mass is 10.4. The van der Waals surface area contributed by atoms with E-state index in [0.29, 0.717) is 0 Å². The van der Waals surface area contributed by atoms with E-state index in [4.69, 9.17) is 9.47 Å². The molecule has 0 aliphatic heterocycles. The minimum atomic E-state index is -0.699.